The highest BCUT2D eigenvalue weighted by molar-refractivity contribution is 5.44. The van der Waals surface area contributed by atoms with Crippen molar-refractivity contribution in [1.82, 2.24) is 5.32 Å². The van der Waals surface area contributed by atoms with Crippen LogP contribution < -0.4 is 10.1 Å². The molecule has 1 atom stereocenters. The molecule has 4 heteroatoms. The third-order valence-corrected chi connectivity index (χ3v) is 4.57. The van der Waals surface area contributed by atoms with E-state index < -0.39 is 0 Å². The molecule has 1 aromatic rings. The summed E-state index contributed by atoms with van der Waals surface area (Å²) in [6, 6.07) is 6.97. The summed E-state index contributed by atoms with van der Waals surface area (Å²) in [5, 5.41) is 3.59. The molecule has 0 amide bonds. The summed E-state index contributed by atoms with van der Waals surface area (Å²) in [6.45, 7) is 4.90. The molecule has 3 heterocycles. The van der Waals surface area contributed by atoms with Gasteiger partial charge in [-0.05, 0) is 17.2 Å². The fourth-order valence-corrected chi connectivity index (χ4v) is 3.31. The summed E-state index contributed by atoms with van der Waals surface area (Å²) in [4.78, 5) is 0. The fraction of sp³-hybridized carbons (Fsp3) is 0.600. The van der Waals surface area contributed by atoms with Crippen LogP contribution in [0.2, 0.25) is 0 Å². The van der Waals surface area contributed by atoms with E-state index in [1.165, 1.54) is 11.1 Å². The van der Waals surface area contributed by atoms with Gasteiger partial charge in [0.25, 0.3) is 0 Å². The predicted molar refractivity (Wildman–Crippen MR) is 70.7 cm³/mol. The van der Waals surface area contributed by atoms with E-state index in [-0.39, 0.29) is 5.41 Å². The highest BCUT2D eigenvalue weighted by Crippen LogP contribution is 2.39. The van der Waals surface area contributed by atoms with Crippen molar-refractivity contribution < 1.29 is 14.2 Å². The van der Waals surface area contributed by atoms with Crippen molar-refractivity contribution in [3.05, 3.63) is 29.3 Å². The second-order valence-electron chi connectivity index (χ2n) is 5.65. The molecule has 0 radical (unpaired) electrons. The molecular weight excluding hydrogens is 242 g/mol. The van der Waals surface area contributed by atoms with Gasteiger partial charge in [-0.1, -0.05) is 12.1 Å². The zero-order valence-corrected chi connectivity index (χ0v) is 11.0. The van der Waals surface area contributed by atoms with Crippen molar-refractivity contribution in [3.8, 4) is 5.75 Å². The Morgan fingerprint density at radius 2 is 2.11 bits per heavy atom. The number of nitrogens with one attached hydrogen (secondary N) is 1. The molecule has 1 unspecified atom stereocenters. The quantitative estimate of drug-likeness (QED) is 0.858. The van der Waals surface area contributed by atoms with Crippen LogP contribution in [0.4, 0.5) is 0 Å². The van der Waals surface area contributed by atoms with Crippen LogP contribution >= 0.6 is 0 Å². The molecule has 1 N–H and O–H groups in total. The molecule has 3 aliphatic heterocycles. The van der Waals surface area contributed by atoms with E-state index in [4.69, 9.17) is 14.2 Å². The summed E-state index contributed by atoms with van der Waals surface area (Å²) < 4.78 is 16.8. The molecule has 4 rings (SSSR count). The van der Waals surface area contributed by atoms with Gasteiger partial charge in [-0.15, -0.1) is 0 Å². The van der Waals surface area contributed by atoms with E-state index in [2.05, 4.69) is 23.5 Å². The highest BCUT2D eigenvalue weighted by atomic mass is 16.5. The Morgan fingerprint density at radius 1 is 1.16 bits per heavy atom. The SMILES string of the molecule is c1cc2c(cc1C1(C3COCCN3)COC1)CCO2. The zero-order valence-electron chi connectivity index (χ0n) is 11.0. The molecule has 0 aromatic heterocycles. The Balaban J connectivity index is 1.68. The van der Waals surface area contributed by atoms with E-state index in [0.717, 1.165) is 51.7 Å². The molecule has 2 saturated heterocycles. The van der Waals surface area contributed by atoms with Gasteiger partial charge >= 0.3 is 0 Å². The third kappa shape index (κ3) is 1.78. The Bertz CT molecular complexity index is 478. The average molecular weight is 261 g/mol. The van der Waals surface area contributed by atoms with Gasteiger partial charge in [-0.2, -0.15) is 0 Å². The van der Waals surface area contributed by atoms with Gasteiger partial charge in [0.1, 0.15) is 5.75 Å². The van der Waals surface area contributed by atoms with E-state index in [0.29, 0.717) is 6.04 Å². The number of ether oxygens (including phenoxy) is 3. The standard InChI is InChI=1S/C15H19NO3/c1-2-13-11(3-5-19-13)7-12(1)15(9-18-10-15)14-8-17-6-4-16-14/h1-2,7,14,16H,3-6,8-10H2. The summed E-state index contributed by atoms with van der Waals surface area (Å²) in [5.74, 6) is 1.05. The molecule has 0 saturated carbocycles. The van der Waals surface area contributed by atoms with Crippen molar-refractivity contribution >= 4 is 0 Å². The van der Waals surface area contributed by atoms with E-state index in [1.54, 1.807) is 0 Å². The van der Waals surface area contributed by atoms with E-state index in [1.807, 2.05) is 0 Å². The van der Waals surface area contributed by atoms with Crippen molar-refractivity contribution in [3.63, 3.8) is 0 Å². The van der Waals surface area contributed by atoms with Gasteiger partial charge in [0.2, 0.25) is 0 Å². The molecule has 2 fully saturated rings. The van der Waals surface area contributed by atoms with Gasteiger partial charge in [-0.25, -0.2) is 0 Å². The van der Waals surface area contributed by atoms with Crippen molar-refractivity contribution in [2.45, 2.75) is 17.9 Å². The number of morpholine rings is 1. The van der Waals surface area contributed by atoms with Crippen LogP contribution in [0.5, 0.6) is 5.75 Å². The third-order valence-electron chi connectivity index (χ3n) is 4.57. The fourth-order valence-electron chi connectivity index (χ4n) is 3.31. The van der Waals surface area contributed by atoms with Crippen LogP contribution in [-0.2, 0) is 21.3 Å². The number of fused-ring (bicyclic) bond motifs is 1. The number of hydrogen-bond donors (Lipinski definition) is 1. The van der Waals surface area contributed by atoms with E-state index >= 15 is 0 Å². The van der Waals surface area contributed by atoms with Gasteiger partial charge in [-0.3, -0.25) is 0 Å². The Kier molecular flexibility index (Phi) is 2.76. The maximum absolute atomic E-state index is 5.64. The maximum Gasteiger partial charge on any atom is 0.122 e. The molecule has 0 bridgehead atoms. The second kappa shape index (κ2) is 4.47. The Morgan fingerprint density at radius 3 is 2.84 bits per heavy atom. The van der Waals surface area contributed by atoms with Gasteiger partial charge in [0.05, 0.1) is 38.4 Å². The van der Waals surface area contributed by atoms with Crippen molar-refractivity contribution in [2.75, 3.05) is 39.6 Å². The number of benzene rings is 1. The smallest absolute Gasteiger partial charge is 0.122 e. The van der Waals surface area contributed by atoms with Crippen LogP contribution in [0, 0.1) is 0 Å². The minimum atomic E-state index is 0.0814. The summed E-state index contributed by atoms with van der Waals surface area (Å²) in [6.07, 6.45) is 1.02. The second-order valence-corrected chi connectivity index (χ2v) is 5.65. The molecule has 4 nitrogen and oxygen atoms in total. The van der Waals surface area contributed by atoms with Gasteiger partial charge in [0.15, 0.2) is 0 Å². The van der Waals surface area contributed by atoms with Crippen LogP contribution in [0.15, 0.2) is 18.2 Å². The van der Waals surface area contributed by atoms with E-state index in [9.17, 15) is 0 Å². The topological polar surface area (TPSA) is 39.7 Å². The first kappa shape index (κ1) is 11.7. The van der Waals surface area contributed by atoms with Gasteiger partial charge in [0, 0.05) is 19.0 Å². The molecule has 102 valence electrons. The predicted octanol–water partition coefficient (Wildman–Crippen LogP) is 0.878. The van der Waals surface area contributed by atoms with Gasteiger partial charge < -0.3 is 19.5 Å². The first-order valence-corrected chi connectivity index (χ1v) is 7.04. The largest absolute Gasteiger partial charge is 0.493 e. The lowest BCUT2D eigenvalue weighted by Crippen LogP contribution is -2.63. The van der Waals surface area contributed by atoms with Crippen molar-refractivity contribution in [1.29, 1.82) is 0 Å². The first-order valence-electron chi connectivity index (χ1n) is 7.04. The monoisotopic (exact) mass is 261 g/mol. The minimum absolute atomic E-state index is 0.0814. The highest BCUT2D eigenvalue weighted by Gasteiger charge is 2.48. The molecule has 3 aliphatic rings. The number of rotatable bonds is 2. The lowest BCUT2D eigenvalue weighted by Gasteiger charge is -2.49. The lowest BCUT2D eigenvalue weighted by molar-refractivity contribution is -0.101. The minimum Gasteiger partial charge on any atom is -0.493 e. The molecule has 19 heavy (non-hydrogen) atoms. The summed E-state index contributed by atoms with van der Waals surface area (Å²) in [7, 11) is 0. The lowest BCUT2D eigenvalue weighted by atomic mass is 9.72. The van der Waals surface area contributed by atoms with Crippen molar-refractivity contribution in [2.24, 2.45) is 0 Å². The summed E-state index contributed by atoms with van der Waals surface area (Å²) >= 11 is 0. The first-order chi connectivity index (χ1) is 9.38. The maximum atomic E-state index is 5.64. The van der Waals surface area contributed by atoms with Crippen LogP contribution in [0.25, 0.3) is 0 Å². The zero-order chi connectivity index (χ0) is 12.7. The van der Waals surface area contributed by atoms with Crippen LogP contribution in [0.1, 0.15) is 11.1 Å². The molecule has 0 spiro atoms. The normalized spacial score (nSPS) is 28.3. The summed E-state index contributed by atoms with van der Waals surface area (Å²) in [5.41, 5.74) is 2.78. The Hall–Kier alpha value is -1.10. The average Bonchev–Trinajstić information content (AvgIpc) is 2.86. The van der Waals surface area contributed by atoms with Crippen LogP contribution in [0.3, 0.4) is 0 Å². The van der Waals surface area contributed by atoms with Crippen LogP contribution in [-0.4, -0.2) is 45.6 Å². The molecule has 0 aliphatic carbocycles. The molecule has 1 aromatic carbocycles. The number of hydrogen-bond acceptors (Lipinski definition) is 4. The molecular formula is C15H19NO3. The Labute approximate surface area is 113 Å².